The van der Waals surface area contributed by atoms with Gasteiger partial charge in [-0.05, 0) is 46.2 Å². The zero-order valence-electron chi connectivity index (χ0n) is 15.5. The van der Waals surface area contributed by atoms with Crippen molar-refractivity contribution in [3.8, 4) is 5.75 Å². The smallest absolute Gasteiger partial charge is 0.207 e. The molecule has 1 atom stereocenters. The second kappa shape index (κ2) is 6.86. The van der Waals surface area contributed by atoms with E-state index in [0.29, 0.717) is 5.89 Å². The second-order valence-electron chi connectivity index (χ2n) is 6.83. The van der Waals surface area contributed by atoms with Crippen LogP contribution >= 0.6 is 0 Å². The lowest BCUT2D eigenvalue weighted by Gasteiger charge is -2.16. The highest BCUT2D eigenvalue weighted by molar-refractivity contribution is 5.83. The number of hydrogen-bond donors (Lipinski definition) is 0. The first-order valence-electron chi connectivity index (χ1n) is 9.30. The fraction of sp³-hybridized carbons (Fsp3) is 0.0800. The van der Waals surface area contributed by atoms with Crippen molar-refractivity contribution >= 4 is 21.9 Å². The fourth-order valence-corrected chi connectivity index (χ4v) is 3.67. The van der Waals surface area contributed by atoms with Gasteiger partial charge in [-0.2, -0.15) is 0 Å². The summed E-state index contributed by atoms with van der Waals surface area (Å²) in [6, 6.07) is 30.9. The van der Waals surface area contributed by atoms with Crippen LogP contribution in [0.3, 0.4) is 0 Å². The number of benzene rings is 4. The summed E-state index contributed by atoms with van der Waals surface area (Å²) >= 11 is 0. The summed E-state index contributed by atoms with van der Waals surface area (Å²) in [5.41, 5.74) is 3.94. The van der Waals surface area contributed by atoms with Crippen LogP contribution in [0.15, 0.2) is 95.4 Å². The third-order valence-electron chi connectivity index (χ3n) is 5.11. The summed E-state index contributed by atoms with van der Waals surface area (Å²) in [6.45, 7) is 0. The molecule has 1 heterocycles. The molecule has 0 aliphatic carbocycles. The Morgan fingerprint density at radius 1 is 0.750 bits per heavy atom. The van der Waals surface area contributed by atoms with E-state index in [1.165, 1.54) is 10.8 Å². The molecule has 5 rings (SSSR count). The van der Waals surface area contributed by atoms with E-state index in [1.54, 1.807) is 7.11 Å². The molecule has 1 unspecified atom stereocenters. The van der Waals surface area contributed by atoms with Crippen molar-refractivity contribution in [2.75, 3.05) is 7.11 Å². The van der Waals surface area contributed by atoms with E-state index in [4.69, 9.17) is 14.1 Å². The van der Waals surface area contributed by atoms with Crippen molar-refractivity contribution in [2.45, 2.75) is 5.92 Å². The van der Waals surface area contributed by atoms with Gasteiger partial charge in [0.1, 0.15) is 11.3 Å². The third-order valence-corrected chi connectivity index (χ3v) is 5.11. The molecule has 0 aliphatic rings. The predicted molar refractivity (Wildman–Crippen MR) is 112 cm³/mol. The quantitative estimate of drug-likeness (QED) is 0.382. The lowest BCUT2D eigenvalue weighted by molar-refractivity contribution is 0.414. The molecule has 28 heavy (non-hydrogen) atoms. The molecule has 136 valence electrons. The second-order valence-corrected chi connectivity index (χ2v) is 6.83. The number of fused-ring (bicyclic) bond motifs is 2. The summed E-state index contributed by atoms with van der Waals surface area (Å²) < 4.78 is 11.5. The predicted octanol–water partition coefficient (Wildman–Crippen LogP) is 6.17. The van der Waals surface area contributed by atoms with Gasteiger partial charge >= 0.3 is 0 Å². The van der Waals surface area contributed by atoms with Crippen molar-refractivity contribution in [3.63, 3.8) is 0 Å². The average molecular weight is 365 g/mol. The maximum Gasteiger partial charge on any atom is 0.207 e. The standard InChI is InChI=1S/C25H19NO2/c1-27-21-14-12-18(13-15-21)24(25-26-22-8-4-5-9-23(22)28-25)20-11-10-17-6-2-3-7-19(17)16-20/h2-16,24H,1H3. The zero-order valence-corrected chi connectivity index (χ0v) is 15.5. The number of methoxy groups -OCH3 is 1. The summed E-state index contributed by atoms with van der Waals surface area (Å²) in [4.78, 5) is 4.79. The van der Waals surface area contributed by atoms with Crippen LogP contribution in [0.2, 0.25) is 0 Å². The van der Waals surface area contributed by atoms with Crippen LogP contribution in [0.5, 0.6) is 5.75 Å². The molecule has 4 aromatic carbocycles. The molecule has 0 amide bonds. The maximum absolute atomic E-state index is 6.17. The molecule has 0 bridgehead atoms. The highest BCUT2D eigenvalue weighted by Gasteiger charge is 2.23. The van der Waals surface area contributed by atoms with Crippen LogP contribution < -0.4 is 4.74 Å². The van der Waals surface area contributed by atoms with Gasteiger partial charge in [0.2, 0.25) is 5.89 Å². The lowest BCUT2D eigenvalue weighted by Crippen LogP contribution is -2.04. The Morgan fingerprint density at radius 2 is 1.46 bits per heavy atom. The van der Waals surface area contributed by atoms with Crippen molar-refractivity contribution in [1.82, 2.24) is 4.98 Å². The highest BCUT2D eigenvalue weighted by atomic mass is 16.5. The summed E-state index contributed by atoms with van der Waals surface area (Å²) in [5.74, 6) is 1.43. The van der Waals surface area contributed by atoms with Crippen LogP contribution in [-0.4, -0.2) is 12.1 Å². The molecular formula is C25H19NO2. The Morgan fingerprint density at radius 3 is 2.25 bits per heavy atom. The molecule has 0 N–H and O–H groups in total. The van der Waals surface area contributed by atoms with Crippen LogP contribution in [0.1, 0.15) is 22.9 Å². The topological polar surface area (TPSA) is 35.3 Å². The number of ether oxygens (including phenoxy) is 1. The Labute approximate surface area is 163 Å². The molecule has 5 aromatic rings. The lowest BCUT2D eigenvalue weighted by atomic mass is 9.89. The molecule has 3 heteroatoms. The van der Waals surface area contributed by atoms with Gasteiger partial charge in [-0.25, -0.2) is 4.98 Å². The summed E-state index contributed by atoms with van der Waals surface area (Å²) in [6.07, 6.45) is 0. The monoisotopic (exact) mass is 365 g/mol. The normalized spacial score (nSPS) is 12.3. The number of hydrogen-bond acceptors (Lipinski definition) is 3. The minimum absolute atomic E-state index is 0.0945. The first-order chi connectivity index (χ1) is 13.8. The molecule has 0 saturated carbocycles. The maximum atomic E-state index is 6.17. The molecular weight excluding hydrogens is 346 g/mol. The van der Waals surface area contributed by atoms with Crippen molar-refractivity contribution in [2.24, 2.45) is 0 Å². The Hall–Kier alpha value is -3.59. The SMILES string of the molecule is COc1ccc(C(c2ccc3ccccc3c2)c2nc3ccccc3o2)cc1. The van der Waals surface area contributed by atoms with E-state index in [0.717, 1.165) is 28.0 Å². The number of para-hydroxylation sites is 2. The molecule has 1 aromatic heterocycles. The third kappa shape index (κ3) is 2.91. The zero-order chi connectivity index (χ0) is 18.9. The van der Waals surface area contributed by atoms with E-state index in [-0.39, 0.29) is 5.92 Å². The van der Waals surface area contributed by atoms with E-state index >= 15 is 0 Å². The Kier molecular flexibility index (Phi) is 4.06. The van der Waals surface area contributed by atoms with E-state index in [1.807, 2.05) is 36.4 Å². The Bertz CT molecular complexity index is 1220. The van der Waals surface area contributed by atoms with Crippen molar-refractivity contribution in [1.29, 1.82) is 0 Å². The molecule has 0 saturated heterocycles. The molecule has 0 radical (unpaired) electrons. The summed E-state index contributed by atoms with van der Waals surface area (Å²) in [5, 5.41) is 2.42. The fourth-order valence-electron chi connectivity index (χ4n) is 3.67. The van der Waals surface area contributed by atoms with Crippen LogP contribution in [0, 0.1) is 0 Å². The van der Waals surface area contributed by atoms with Crippen LogP contribution in [0.25, 0.3) is 21.9 Å². The van der Waals surface area contributed by atoms with Gasteiger partial charge in [0.25, 0.3) is 0 Å². The summed E-state index contributed by atoms with van der Waals surface area (Å²) in [7, 11) is 1.68. The van der Waals surface area contributed by atoms with Crippen molar-refractivity contribution in [3.05, 3.63) is 108 Å². The van der Waals surface area contributed by atoms with Crippen LogP contribution in [0.4, 0.5) is 0 Å². The van der Waals surface area contributed by atoms with Gasteiger partial charge in [-0.15, -0.1) is 0 Å². The van der Waals surface area contributed by atoms with Gasteiger partial charge in [0, 0.05) is 0 Å². The van der Waals surface area contributed by atoms with Gasteiger partial charge < -0.3 is 9.15 Å². The van der Waals surface area contributed by atoms with Gasteiger partial charge in [-0.3, -0.25) is 0 Å². The van der Waals surface area contributed by atoms with Gasteiger partial charge in [0.15, 0.2) is 5.58 Å². The molecule has 0 aliphatic heterocycles. The van der Waals surface area contributed by atoms with Crippen molar-refractivity contribution < 1.29 is 9.15 Å². The largest absolute Gasteiger partial charge is 0.497 e. The van der Waals surface area contributed by atoms with E-state index in [9.17, 15) is 0 Å². The molecule has 0 spiro atoms. The Balaban J connectivity index is 1.70. The minimum atomic E-state index is -0.0945. The molecule has 3 nitrogen and oxygen atoms in total. The highest BCUT2D eigenvalue weighted by Crippen LogP contribution is 2.35. The van der Waals surface area contributed by atoms with Gasteiger partial charge in [-0.1, -0.05) is 66.7 Å². The van der Waals surface area contributed by atoms with Crippen LogP contribution in [-0.2, 0) is 0 Å². The number of aromatic nitrogens is 1. The number of nitrogens with zero attached hydrogens (tertiary/aromatic N) is 1. The van der Waals surface area contributed by atoms with E-state index < -0.39 is 0 Å². The molecule has 0 fully saturated rings. The number of rotatable bonds is 4. The van der Waals surface area contributed by atoms with E-state index in [2.05, 4.69) is 54.6 Å². The number of oxazole rings is 1. The first kappa shape index (κ1) is 16.6. The average Bonchev–Trinajstić information content (AvgIpc) is 3.18. The first-order valence-corrected chi connectivity index (χ1v) is 9.30. The van der Waals surface area contributed by atoms with Gasteiger partial charge in [0.05, 0.1) is 13.0 Å². The minimum Gasteiger partial charge on any atom is -0.497 e.